The number of fused-ring (bicyclic) bond motifs is 5. The minimum absolute atomic E-state index is 0.0243. The predicted molar refractivity (Wildman–Crippen MR) is 145 cm³/mol. The summed E-state index contributed by atoms with van der Waals surface area (Å²) in [6.07, 6.45) is -0.736. The highest BCUT2D eigenvalue weighted by molar-refractivity contribution is 5.92. The molecule has 2 bridgehead atoms. The number of benzene rings is 1. The number of carbonyl (C=O) groups is 3. The van der Waals surface area contributed by atoms with Crippen molar-refractivity contribution < 1.29 is 33.7 Å². The van der Waals surface area contributed by atoms with Gasteiger partial charge in [-0.2, -0.15) is 0 Å². The molecule has 1 heterocycles. The smallest absolute Gasteiger partial charge is 0.338 e. The number of ether oxygens (including phenoxy) is 3. The van der Waals surface area contributed by atoms with Gasteiger partial charge in [-0.05, 0) is 43.7 Å². The first kappa shape index (κ1) is 28.0. The van der Waals surface area contributed by atoms with E-state index in [9.17, 15) is 19.5 Å². The highest BCUT2D eigenvalue weighted by atomic mass is 16.6. The second kappa shape index (κ2) is 9.00. The van der Waals surface area contributed by atoms with E-state index in [0.29, 0.717) is 18.4 Å². The summed E-state index contributed by atoms with van der Waals surface area (Å²) in [6, 6.07) is 8.68. The molecule has 3 fully saturated rings. The number of rotatable bonds is 3. The lowest BCUT2D eigenvalue weighted by Crippen LogP contribution is -2.80. The van der Waals surface area contributed by atoms with Gasteiger partial charge in [0.1, 0.15) is 23.6 Å². The lowest BCUT2D eigenvalue weighted by atomic mass is 9.42. The monoisotopic (exact) mass is 538 g/mol. The third kappa shape index (κ3) is 3.65. The SMILES string of the molecule is CC(=O)O[C@@]12COC1C[C@H](C)[C@@]1(C)C(=O)[C@H](C)C3=C(C)[C@@H](C)C[C@@](O)([C@@H](OC(=O)c4ccccc4)C21)C3(C)C. The molecule has 3 aliphatic carbocycles. The Kier molecular flexibility index (Phi) is 6.47. The van der Waals surface area contributed by atoms with Gasteiger partial charge in [-0.25, -0.2) is 4.79 Å². The van der Waals surface area contributed by atoms with E-state index >= 15 is 0 Å². The van der Waals surface area contributed by atoms with Crippen molar-refractivity contribution in [3.8, 4) is 0 Å². The van der Waals surface area contributed by atoms with Crippen LogP contribution < -0.4 is 0 Å². The average molecular weight is 539 g/mol. The van der Waals surface area contributed by atoms with Crippen LogP contribution in [0.4, 0.5) is 0 Å². The molecule has 1 aromatic carbocycles. The third-order valence-electron chi connectivity index (χ3n) is 11.1. The fraction of sp³-hybridized carbons (Fsp3) is 0.656. The van der Waals surface area contributed by atoms with E-state index in [1.54, 1.807) is 24.3 Å². The van der Waals surface area contributed by atoms with Crippen LogP contribution in [0, 0.1) is 34.5 Å². The number of Topliss-reactive ketones (excluding diaryl/α,β-unsaturated/α-hetero) is 1. The van der Waals surface area contributed by atoms with Gasteiger partial charge in [0.25, 0.3) is 0 Å². The molecule has 1 aromatic rings. The van der Waals surface area contributed by atoms with Crippen molar-refractivity contribution in [3.63, 3.8) is 0 Å². The quantitative estimate of drug-likeness (QED) is 0.431. The molecular formula is C32H42O7. The van der Waals surface area contributed by atoms with Crippen molar-refractivity contribution in [2.45, 2.75) is 91.6 Å². The van der Waals surface area contributed by atoms with Gasteiger partial charge in [0.05, 0.1) is 18.1 Å². The maximum absolute atomic E-state index is 14.8. The van der Waals surface area contributed by atoms with Gasteiger partial charge >= 0.3 is 11.9 Å². The molecule has 2 unspecified atom stereocenters. The third-order valence-corrected chi connectivity index (χ3v) is 11.1. The van der Waals surface area contributed by atoms with Crippen molar-refractivity contribution in [3.05, 3.63) is 47.0 Å². The summed E-state index contributed by atoms with van der Waals surface area (Å²) in [6.45, 7) is 15.3. The Balaban J connectivity index is 1.81. The molecule has 1 saturated heterocycles. The number of ketones is 1. The van der Waals surface area contributed by atoms with E-state index in [4.69, 9.17) is 14.2 Å². The van der Waals surface area contributed by atoms with E-state index < -0.39 is 58.0 Å². The first-order valence-corrected chi connectivity index (χ1v) is 14.2. The van der Waals surface area contributed by atoms with Crippen LogP contribution in [0.5, 0.6) is 0 Å². The fourth-order valence-electron chi connectivity index (χ4n) is 8.71. The summed E-state index contributed by atoms with van der Waals surface area (Å²) in [7, 11) is 0. The Labute approximate surface area is 231 Å². The van der Waals surface area contributed by atoms with E-state index in [1.807, 2.05) is 47.6 Å². The van der Waals surface area contributed by atoms with Gasteiger partial charge < -0.3 is 19.3 Å². The van der Waals surface area contributed by atoms with Gasteiger partial charge in [-0.1, -0.05) is 70.9 Å². The number of hydrogen-bond donors (Lipinski definition) is 1. The molecule has 1 N–H and O–H groups in total. The van der Waals surface area contributed by atoms with Gasteiger partial charge in [0.2, 0.25) is 0 Å². The van der Waals surface area contributed by atoms with Crippen LogP contribution in [0.15, 0.2) is 41.5 Å². The summed E-state index contributed by atoms with van der Waals surface area (Å²) in [5.41, 5.74) is -2.35. The van der Waals surface area contributed by atoms with Gasteiger partial charge in [-0.15, -0.1) is 0 Å². The Morgan fingerprint density at radius 3 is 2.28 bits per heavy atom. The average Bonchev–Trinajstić information content (AvgIpc) is 2.87. The molecule has 9 atom stereocenters. The molecule has 0 amide bonds. The van der Waals surface area contributed by atoms with Crippen LogP contribution in [0.3, 0.4) is 0 Å². The second-order valence-corrected chi connectivity index (χ2v) is 13.3. The highest BCUT2D eigenvalue weighted by Gasteiger charge is 2.76. The summed E-state index contributed by atoms with van der Waals surface area (Å²) < 4.78 is 18.5. The molecule has 39 heavy (non-hydrogen) atoms. The number of carbonyl (C=O) groups excluding carboxylic acids is 3. The normalized spacial score (nSPS) is 42.7. The van der Waals surface area contributed by atoms with Gasteiger partial charge in [-0.3, -0.25) is 9.59 Å². The van der Waals surface area contributed by atoms with Crippen LogP contribution >= 0.6 is 0 Å². The zero-order valence-corrected chi connectivity index (χ0v) is 24.4. The first-order valence-electron chi connectivity index (χ1n) is 14.2. The van der Waals surface area contributed by atoms with Crippen LogP contribution in [0.25, 0.3) is 0 Å². The van der Waals surface area contributed by atoms with Crippen LogP contribution in [0.1, 0.15) is 78.6 Å². The standard InChI is InChI=1S/C32H42O7/c1-17-15-32(36)27(38-28(35)22-12-10-9-11-13-22)25-30(8,26(34)20(4)24(19(17)3)29(32,6)7)18(2)14-23-31(25,16-37-23)39-21(5)33/h9-13,17-18,20,23,25,27,36H,14-16H2,1-8H3/t17-,18-,20+,23?,25?,27-,30+,31-,32+/m0/s1. The van der Waals surface area contributed by atoms with E-state index in [1.165, 1.54) is 6.92 Å². The first-order chi connectivity index (χ1) is 18.1. The lowest BCUT2D eigenvalue weighted by molar-refractivity contribution is -0.339. The summed E-state index contributed by atoms with van der Waals surface area (Å²) in [4.78, 5) is 41.1. The van der Waals surface area contributed by atoms with Crippen LogP contribution in [-0.4, -0.2) is 52.8 Å². The minimum Gasteiger partial charge on any atom is -0.455 e. The van der Waals surface area contributed by atoms with Gasteiger partial charge in [0, 0.05) is 23.7 Å². The van der Waals surface area contributed by atoms with Crippen molar-refractivity contribution in [1.82, 2.24) is 0 Å². The van der Waals surface area contributed by atoms with Gasteiger partial charge in [0.15, 0.2) is 5.60 Å². The van der Waals surface area contributed by atoms with Crippen LogP contribution in [0.2, 0.25) is 0 Å². The molecule has 0 spiro atoms. The topological polar surface area (TPSA) is 99.1 Å². The zero-order chi connectivity index (χ0) is 28.7. The number of esters is 2. The van der Waals surface area contributed by atoms with Crippen LogP contribution in [-0.2, 0) is 23.8 Å². The maximum atomic E-state index is 14.8. The Hall–Kier alpha value is -2.51. The summed E-state index contributed by atoms with van der Waals surface area (Å²) in [5, 5.41) is 13.0. The number of aliphatic hydroxyl groups is 1. The molecular weight excluding hydrogens is 496 g/mol. The van der Waals surface area contributed by atoms with E-state index in [0.717, 1.165) is 11.1 Å². The van der Waals surface area contributed by atoms with E-state index in [-0.39, 0.29) is 24.2 Å². The molecule has 7 nitrogen and oxygen atoms in total. The Morgan fingerprint density at radius 1 is 1.08 bits per heavy atom. The maximum Gasteiger partial charge on any atom is 0.338 e. The zero-order valence-electron chi connectivity index (χ0n) is 24.4. The van der Waals surface area contributed by atoms with Crippen molar-refractivity contribution in [2.24, 2.45) is 34.5 Å². The molecule has 2 saturated carbocycles. The Bertz CT molecular complexity index is 1230. The molecule has 7 heteroatoms. The largest absolute Gasteiger partial charge is 0.455 e. The molecule has 5 rings (SSSR count). The van der Waals surface area contributed by atoms with Crippen molar-refractivity contribution in [1.29, 1.82) is 0 Å². The van der Waals surface area contributed by atoms with E-state index in [2.05, 4.69) is 6.92 Å². The molecule has 0 aromatic heterocycles. The predicted octanol–water partition coefficient (Wildman–Crippen LogP) is 4.91. The van der Waals surface area contributed by atoms with Crippen molar-refractivity contribution >= 4 is 17.7 Å². The molecule has 4 aliphatic rings. The highest BCUT2D eigenvalue weighted by Crippen LogP contribution is 2.66. The lowest BCUT2D eigenvalue weighted by Gasteiger charge is -2.68. The summed E-state index contributed by atoms with van der Waals surface area (Å²) >= 11 is 0. The fourth-order valence-corrected chi connectivity index (χ4v) is 8.71. The number of allylic oxidation sites excluding steroid dienone is 1. The minimum atomic E-state index is -1.54. The number of hydrogen-bond acceptors (Lipinski definition) is 7. The molecule has 212 valence electrons. The second-order valence-electron chi connectivity index (χ2n) is 13.3. The van der Waals surface area contributed by atoms with Crippen molar-refractivity contribution in [2.75, 3.05) is 6.61 Å². The summed E-state index contributed by atoms with van der Waals surface area (Å²) in [5.74, 6) is -2.55. The molecule has 1 aliphatic heterocycles. The Morgan fingerprint density at radius 2 is 1.72 bits per heavy atom. The molecule has 0 radical (unpaired) electrons.